The summed E-state index contributed by atoms with van der Waals surface area (Å²) in [5.41, 5.74) is 2.42. The molecule has 2 aromatic carbocycles. The number of aromatic nitrogens is 1. The number of fused-ring (bicyclic) bond motifs is 1. The van der Waals surface area contributed by atoms with Crippen LogP contribution >= 0.6 is 39.0 Å². The summed E-state index contributed by atoms with van der Waals surface area (Å²) in [6.45, 7) is 1.66. The number of amides is 1. The van der Waals surface area contributed by atoms with Gasteiger partial charge in [-0.3, -0.25) is 14.4 Å². The lowest BCUT2D eigenvalue weighted by atomic mass is 10.1. The molecule has 0 saturated carbocycles. The number of aryl methyl sites for hydroxylation is 1. The average molecular weight is 493 g/mol. The van der Waals surface area contributed by atoms with Crippen LogP contribution in [-0.2, 0) is 14.3 Å². The molecule has 1 amide bonds. The molecule has 6 nitrogen and oxygen atoms in total. The van der Waals surface area contributed by atoms with E-state index in [2.05, 4.69) is 26.2 Å². The molecule has 9 heteroatoms. The van der Waals surface area contributed by atoms with Crippen LogP contribution < -0.4 is 5.32 Å². The molecule has 0 aliphatic rings. The topological polar surface area (TPSA) is 85.4 Å². The van der Waals surface area contributed by atoms with Crippen molar-refractivity contribution in [1.29, 1.82) is 0 Å². The minimum Gasteiger partial charge on any atom is -0.457 e. The molecule has 29 heavy (non-hydrogen) atoms. The van der Waals surface area contributed by atoms with E-state index in [1.165, 1.54) is 11.3 Å². The Morgan fingerprint density at radius 3 is 2.66 bits per heavy atom. The highest BCUT2D eigenvalue weighted by Gasteiger charge is 2.12. The van der Waals surface area contributed by atoms with Gasteiger partial charge in [0.2, 0.25) is 5.91 Å². The smallest absolute Gasteiger partial charge is 0.316 e. The molecule has 0 radical (unpaired) electrons. The average Bonchev–Trinajstić information content (AvgIpc) is 3.07. The Morgan fingerprint density at radius 1 is 1.14 bits per heavy atom. The van der Waals surface area contributed by atoms with Crippen LogP contribution in [0, 0.1) is 6.92 Å². The molecule has 0 saturated heterocycles. The lowest BCUT2D eigenvalue weighted by Gasteiger charge is -2.05. The van der Waals surface area contributed by atoms with Gasteiger partial charge in [0.25, 0.3) is 0 Å². The normalized spacial score (nSPS) is 10.7. The number of esters is 1. The van der Waals surface area contributed by atoms with E-state index in [4.69, 9.17) is 4.74 Å². The van der Waals surface area contributed by atoms with Crippen LogP contribution in [0.4, 0.5) is 5.13 Å². The maximum absolute atomic E-state index is 12.0. The number of ketones is 1. The second kappa shape index (κ2) is 10.00. The lowest BCUT2D eigenvalue weighted by molar-refractivity contribution is -0.139. The third kappa shape index (κ3) is 6.38. The molecule has 0 atom stereocenters. The quantitative estimate of drug-likeness (QED) is 0.368. The van der Waals surface area contributed by atoms with Gasteiger partial charge >= 0.3 is 5.97 Å². The van der Waals surface area contributed by atoms with Crippen molar-refractivity contribution in [2.24, 2.45) is 0 Å². The van der Waals surface area contributed by atoms with E-state index in [0.29, 0.717) is 10.7 Å². The Hall–Kier alpha value is -2.23. The van der Waals surface area contributed by atoms with Crippen molar-refractivity contribution in [3.63, 3.8) is 0 Å². The Balaban J connectivity index is 1.38. The first-order valence-corrected chi connectivity index (χ1v) is 11.4. The number of benzene rings is 2. The first-order chi connectivity index (χ1) is 13.9. The summed E-state index contributed by atoms with van der Waals surface area (Å²) in [7, 11) is 0. The van der Waals surface area contributed by atoms with Gasteiger partial charge in [-0.2, -0.15) is 0 Å². The van der Waals surface area contributed by atoms with E-state index in [1.54, 1.807) is 24.3 Å². The van der Waals surface area contributed by atoms with E-state index < -0.39 is 5.97 Å². The summed E-state index contributed by atoms with van der Waals surface area (Å²) in [5, 5.41) is 3.27. The van der Waals surface area contributed by atoms with Gasteiger partial charge in [0.15, 0.2) is 17.5 Å². The summed E-state index contributed by atoms with van der Waals surface area (Å²) in [5.74, 6) is -0.988. The van der Waals surface area contributed by atoms with Gasteiger partial charge in [-0.05, 0) is 36.8 Å². The molecular weight excluding hydrogens is 476 g/mol. The van der Waals surface area contributed by atoms with Crippen LogP contribution in [0.3, 0.4) is 0 Å². The largest absolute Gasteiger partial charge is 0.457 e. The first kappa shape index (κ1) is 21.5. The molecule has 0 aliphatic carbocycles. The van der Waals surface area contributed by atoms with Crippen LogP contribution in [0.25, 0.3) is 10.2 Å². The highest BCUT2D eigenvalue weighted by molar-refractivity contribution is 9.10. The minimum atomic E-state index is -0.538. The van der Waals surface area contributed by atoms with Crippen molar-refractivity contribution < 1.29 is 19.1 Å². The number of rotatable bonds is 8. The summed E-state index contributed by atoms with van der Waals surface area (Å²) in [6, 6.07) is 12.7. The predicted octanol–water partition coefficient (Wildman–Crippen LogP) is 4.47. The van der Waals surface area contributed by atoms with Gasteiger partial charge < -0.3 is 10.1 Å². The van der Waals surface area contributed by atoms with Gasteiger partial charge in [-0.15, -0.1) is 11.8 Å². The summed E-state index contributed by atoms with van der Waals surface area (Å²) < 4.78 is 6.84. The molecule has 1 heterocycles. The molecule has 0 spiro atoms. The van der Waals surface area contributed by atoms with Crippen LogP contribution in [0.5, 0.6) is 0 Å². The zero-order chi connectivity index (χ0) is 20.8. The van der Waals surface area contributed by atoms with Crippen LogP contribution in [0.2, 0.25) is 0 Å². The molecule has 1 aromatic heterocycles. The molecule has 0 aliphatic heterocycles. The number of ether oxygens (including phenoxy) is 1. The minimum absolute atomic E-state index is 0.0138. The number of carbonyl (C=O) groups excluding carboxylic acids is 3. The highest BCUT2D eigenvalue weighted by Crippen LogP contribution is 2.26. The fraction of sp³-hybridized carbons (Fsp3) is 0.200. The molecular formula is C20H17BrN2O4S2. The summed E-state index contributed by atoms with van der Waals surface area (Å²) in [6.07, 6.45) is 0. The highest BCUT2D eigenvalue weighted by atomic mass is 79.9. The summed E-state index contributed by atoms with van der Waals surface area (Å²) in [4.78, 5) is 40.2. The number of hydrogen-bond acceptors (Lipinski definition) is 7. The third-order valence-corrected chi connectivity index (χ3v) is 6.16. The molecule has 3 rings (SSSR count). The first-order valence-electron chi connectivity index (χ1n) is 8.60. The zero-order valence-electron chi connectivity index (χ0n) is 15.4. The maximum Gasteiger partial charge on any atom is 0.316 e. The Kier molecular flexibility index (Phi) is 7.40. The van der Waals surface area contributed by atoms with Gasteiger partial charge in [-0.25, -0.2) is 4.98 Å². The number of halogens is 1. The molecule has 0 fully saturated rings. The fourth-order valence-corrected chi connectivity index (χ4v) is 4.12. The number of nitrogens with zero attached hydrogens (tertiary/aromatic N) is 1. The number of thiazole rings is 1. The third-order valence-electron chi connectivity index (χ3n) is 3.77. The Morgan fingerprint density at radius 2 is 1.90 bits per heavy atom. The molecule has 1 N–H and O–H groups in total. The van der Waals surface area contributed by atoms with E-state index in [-0.39, 0.29) is 29.8 Å². The predicted molar refractivity (Wildman–Crippen MR) is 120 cm³/mol. The van der Waals surface area contributed by atoms with Crippen molar-refractivity contribution in [3.05, 3.63) is 58.1 Å². The second-order valence-corrected chi connectivity index (χ2v) is 9.05. The zero-order valence-corrected chi connectivity index (χ0v) is 18.7. The fourth-order valence-electron chi connectivity index (χ4n) is 2.38. The van der Waals surface area contributed by atoms with Crippen molar-refractivity contribution in [2.45, 2.75) is 6.92 Å². The number of hydrogen-bond donors (Lipinski definition) is 1. The number of nitrogens with one attached hydrogen (secondary N) is 1. The number of Topliss-reactive ketones (excluding diaryl/α,β-unsaturated/α-hetero) is 1. The Labute approximate surface area is 184 Å². The molecule has 150 valence electrons. The van der Waals surface area contributed by atoms with Crippen LogP contribution in [0.1, 0.15) is 15.9 Å². The second-order valence-electron chi connectivity index (χ2n) is 6.12. The van der Waals surface area contributed by atoms with Crippen molar-refractivity contribution >= 4 is 72.0 Å². The SMILES string of the molecule is Cc1ccc2sc(NC(=O)CSCC(=O)OCC(=O)c3ccc(Br)cc3)nc2c1. The molecule has 3 aromatic rings. The van der Waals surface area contributed by atoms with E-state index in [1.807, 2.05) is 25.1 Å². The molecule has 0 unspecified atom stereocenters. The van der Waals surface area contributed by atoms with E-state index >= 15 is 0 Å². The van der Waals surface area contributed by atoms with Gasteiger partial charge in [0.1, 0.15) is 0 Å². The van der Waals surface area contributed by atoms with Crippen molar-refractivity contribution in [1.82, 2.24) is 4.98 Å². The number of anilines is 1. The van der Waals surface area contributed by atoms with Crippen LogP contribution in [-0.4, -0.2) is 40.8 Å². The lowest BCUT2D eigenvalue weighted by Crippen LogP contribution is -2.18. The van der Waals surface area contributed by atoms with E-state index in [0.717, 1.165) is 32.0 Å². The monoisotopic (exact) mass is 492 g/mol. The molecule has 0 bridgehead atoms. The summed E-state index contributed by atoms with van der Waals surface area (Å²) >= 11 is 5.81. The Bertz CT molecular complexity index is 1050. The van der Waals surface area contributed by atoms with Crippen molar-refractivity contribution in [3.8, 4) is 0 Å². The number of carbonyl (C=O) groups is 3. The van der Waals surface area contributed by atoms with Gasteiger partial charge in [0, 0.05) is 10.0 Å². The van der Waals surface area contributed by atoms with Crippen molar-refractivity contribution in [2.75, 3.05) is 23.4 Å². The maximum atomic E-state index is 12.0. The number of thioether (sulfide) groups is 1. The van der Waals surface area contributed by atoms with Crippen LogP contribution in [0.15, 0.2) is 46.9 Å². The van der Waals surface area contributed by atoms with Gasteiger partial charge in [-0.1, -0.05) is 45.5 Å². The standard InChI is InChI=1S/C20H17BrN2O4S2/c1-12-2-7-17-15(8-12)22-20(29-17)23-18(25)10-28-11-19(26)27-9-16(24)13-3-5-14(21)6-4-13/h2-8H,9-11H2,1H3,(H,22,23,25). The van der Waals surface area contributed by atoms with E-state index in [9.17, 15) is 14.4 Å². The van der Waals surface area contributed by atoms with Gasteiger partial charge in [0.05, 0.1) is 21.7 Å².